The van der Waals surface area contributed by atoms with Gasteiger partial charge in [0.25, 0.3) is 10.0 Å². The lowest BCUT2D eigenvalue weighted by molar-refractivity contribution is 0.340. The summed E-state index contributed by atoms with van der Waals surface area (Å²) in [5, 5.41) is 4.54. The molecular formula is C16H17ClN2O3S. The van der Waals surface area contributed by atoms with Gasteiger partial charge in [0.1, 0.15) is 5.75 Å². The van der Waals surface area contributed by atoms with Crippen molar-refractivity contribution in [2.75, 3.05) is 6.61 Å². The first kappa shape index (κ1) is 17.3. The van der Waals surface area contributed by atoms with Crippen molar-refractivity contribution in [2.24, 2.45) is 5.10 Å². The zero-order valence-electron chi connectivity index (χ0n) is 12.8. The summed E-state index contributed by atoms with van der Waals surface area (Å²) < 4.78 is 29.7. The Morgan fingerprint density at radius 2 is 1.74 bits per heavy atom. The van der Waals surface area contributed by atoms with Crippen LogP contribution in [-0.4, -0.2) is 20.7 Å². The Hall–Kier alpha value is -2.05. The highest BCUT2D eigenvalue weighted by atomic mass is 35.5. The maximum Gasteiger partial charge on any atom is 0.276 e. The molecule has 7 heteroatoms. The van der Waals surface area contributed by atoms with E-state index in [0.717, 1.165) is 5.56 Å². The third-order valence-electron chi connectivity index (χ3n) is 3.04. The van der Waals surface area contributed by atoms with E-state index in [1.165, 1.54) is 12.1 Å². The Bertz CT molecular complexity index is 785. The fourth-order valence-corrected chi connectivity index (χ4v) is 2.80. The smallest absolute Gasteiger partial charge is 0.276 e. The van der Waals surface area contributed by atoms with E-state index in [2.05, 4.69) is 9.93 Å². The number of sulfonamides is 1. The number of ether oxygens (including phenoxy) is 1. The molecule has 1 N–H and O–H groups in total. The normalized spacial score (nSPS) is 12.0. The van der Waals surface area contributed by atoms with E-state index in [0.29, 0.717) is 23.1 Å². The van der Waals surface area contributed by atoms with Crippen LogP contribution in [0, 0.1) is 0 Å². The molecule has 0 radical (unpaired) electrons. The summed E-state index contributed by atoms with van der Waals surface area (Å²) in [5.41, 5.74) is 1.32. The number of nitrogens with one attached hydrogen (secondary N) is 1. The third kappa shape index (κ3) is 4.71. The third-order valence-corrected chi connectivity index (χ3v) is 4.52. The first-order chi connectivity index (χ1) is 10.9. The van der Waals surface area contributed by atoms with E-state index in [-0.39, 0.29) is 4.90 Å². The summed E-state index contributed by atoms with van der Waals surface area (Å²) >= 11 is 5.82. The molecular weight excluding hydrogens is 336 g/mol. The van der Waals surface area contributed by atoms with Crippen molar-refractivity contribution >= 4 is 27.3 Å². The lowest BCUT2D eigenvalue weighted by Crippen LogP contribution is -2.19. The van der Waals surface area contributed by atoms with Crippen molar-refractivity contribution in [3.63, 3.8) is 0 Å². The Morgan fingerprint density at radius 3 is 2.30 bits per heavy atom. The number of hydrogen-bond acceptors (Lipinski definition) is 4. The molecule has 0 bridgehead atoms. The topological polar surface area (TPSA) is 67.8 Å². The van der Waals surface area contributed by atoms with Crippen LogP contribution in [0.25, 0.3) is 0 Å². The molecule has 5 nitrogen and oxygen atoms in total. The van der Waals surface area contributed by atoms with Crippen molar-refractivity contribution in [3.8, 4) is 5.75 Å². The molecule has 2 aromatic carbocycles. The van der Waals surface area contributed by atoms with E-state index >= 15 is 0 Å². The van der Waals surface area contributed by atoms with Crippen LogP contribution in [0.1, 0.15) is 19.4 Å². The van der Waals surface area contributed by atoms with Gasteiger partial charge in [-0.25, -0.2) is 0 Å². The Balaban J connectivity index is 2.14. The molecule has 23 heavy (non-hydrogen) atoms. The summed E-state index contributed by atoms with van der Waals surface area (Å²) in [7, 11) is -3.72. The van der Waals surface area contributed by atoms with Crippen LogP contribution in [0.5, 0.6) is 5.75 Å². The molecule has 2 rings (SSSR count). The molecule has 2 aromatic rings. The summed E-state index contributed by atoms with van der Waals surface area (Å²) in [6, 6.07) is 13.1. The number of hydrazone groups is 1. The van der Waals surface area contributed by atoms with Crippen LogP contribution in [-0.2, 0) is 10.0 Å². The highest BCUT2D eigenvalue weighted by molar-refractivity contribution is 7.89. The van der Waals surface area contributed by atoms with E-state index in [1.54, 1.807) is 43.3 Å². The predicted octanol–water partition coefficient (Wildman–Crippen LogP) is 3.44. The lowest BCUT2D eigenvalue weighted by Gasteiger charge is -2.07. The highest BCUT2D eigenvalue weighted by Crippen LogP contribution is 2.16. The number of nitrogens with zero attached hydrogens (tertiary/aromatic N) is 1. The van der Waals surface area contributed by atoms with Crippen molar-refractivity contribution in [1.29, 1.82) is 0 Å². The minimum absolute atomic E-state index is 0.119. The molecule has 0 aliphatic rings. The van der Waals surface area contributed by atoms with Crippen LogP contribution in [0.2, 0.25) is 5.02 Å². The number of hydrogen-bond donors (Lipinski definition) is 1. The lowest BCUT2D eigenvalue weighted by atomic mass is 10.1. The van der Waals surface area contributed by atoms with E-state index in [4.69, 9.17) is 16.3 Å². The van der Waals surface area contributed by atoms with Crippen LogP contribution >= 0.6 is 11.6 Å². The summed E-state index contributed by atoms with van der Waals surface area (Å²) in [6.07, 6.45) is 0. The monoisotopic (exact) mass is 352 g/mol. The van der Waals surface area contributed by atoms with E-state index < -0.39 is 10.0 Å². The van der Waals surface area contributed by atoms with E-state index in [1.807, 2.05) is 6.92 Å². The van der Waals surface area contributed by atoms with Crippen LogP contribution < -0.4 is 9.57 Å². The van der Waals surface area contributed by atoms with Gasteiger partial charge in [-0.05, 0) is 55.8 Å². The van der Waals surface area contributed by atoms with E-state index in [9.17, 15) is 8.42 Å². The second kappa shape index (κ2) is 7.48. The fourth-order valence-electron chi connectivity index (χ4n) is 1.82. The number of rotatable bonds is 6. The molecule has 0 amide bonds. The van der Waals surface area contributed by atoms with Gasteiger partial charge in [-0.3, -0.25) is 0 Å². The summed E-state index contributed by atoms with van der Waals surface area (Å²) in [6.45, 7) is 4.10. The van der Waals surface area contributed by atoms with Crippen LogP contribution in [0.4, 0.5) is 0 Å². The molecule has 0 heterocycles. The summed E-state index contributed by atoms with van der Waals surface area (Å²) in [5.74, 6) is 0.618. The second-order valence-electron chi connectivity index (χ2n) is 4.70. The Morgan fingerprint density at radius 1 is 1.13 bits per heavy atom. The fraction of sp³-hybridized carbons (Fsp3) is 0.188. The number of halogens is 1. The molecule has 0 saturated carbocycles. The minimum Gasteiger partial charge on any atom is -0.494 e. The van der Waals surface area contributed by atoms with Crippen molar-refractivity contribution < 1.29 is 13.2 Å². The second-order valence-corrected chi connectivity index (χ2v) is 6.80. The van der Waals surface area contributed by atoms with Gasteiger partial charge in [-0.2, -0.15) is 18.4 Å². The summed E-state index contributed by atoms with van der Waals surface area (Å²) in [4.78, 5) is 2.35. The molecule has 0 atom stereocenters. The van der Waals surface area contributed by atoms with Gasteiger partial charge >= 0.3 is 0 Å². The maximum atomic E-state index is 12.2. The molecule has 0 aliphatic carbocycles. The van der Waals surface area contributed by atoms with Crippen molar-refractivity contribution in [1.82, 2.24) is 4.83 Å². The molecule has 122 valence electrons. The SMILES string of the molecule is CCOc1ccc(S(=O)(=O)N/N=C(/C)c2ccc(Cl)cc2)cc1. The van der Waals surface area contributed by atoms with Gasteiger partial charge in [0.15, 0.2) is 0 Å². The average Bonchev–Trinajstić information content (AvgIpc) is 2.54. The van der Waals surface area contributed by atoms with Gasteiger partial charge in [-0.15, -0.1) is 0 Å². The zero-order valence-corrected chi connectivity index (χ0v) is 14.4. The molecule has 0 saturated heterocycles. The largest absolute Gasteiger partial charge is 0.494 e. The van der Waals surface area contributed by atoms with Gasteiger partial charge in [-0.1, -0.05) is 23.7 Å². The average molecular weight is 353 g/mol. The van der Waals surface area contributed by atoms with Crippen molar-refractivity contribution in [2.45, 2.75) is 18.7 Å². The van der Waals surface area contributed by atoms with Gasteiger partial charge in [0.05, 0.1) is 17.2 Å². The van der Waals surface area contributed by atoms with Gasteiger partial charge in [0.2, 0.25) is 0 Å². The number of benzene rings is 2. The maximum absolute atomic E-state index is 12.2. The first-order valence-corrected chi connectivity index (χ1v) is 8.83. The first-order valence-electron chi connectivity index (χ1n) is 6.97. The quantitative estimate of drug-likeness (QED) is 0.639. The minimum atomic E-state index is -3.72. The molecule has 0 unspecified atom stereocenters. The van der Waals surface area contributed by atoms with Crippen LogP contribution in [0.3, 0.4) is 0 Å². The molecule has 0 fully saturated rings. The molecule has 0 spiro atoms. The molecule has 0 aliphatic heterocycles. The highest BCUT2D eigenvalue weighted by Gasteiger charge is 2.13. The van der Waals surface area contributed by atoms with Crippen LogP contribution in [0.15, 0.2) is 58.5 Å². The van der Waals surface area contributed by atoms with Gasteiger partial charge in [0, 0.05) is 5.02 Å². The predicted molar refractivity (Wildman–Crippen MR) is 91.6 cm³/mol. The Labute approximate surface area is 141 Å². The Kier molecular flexibility index (Phi) is 5.63. The standard InChI is InChI=1S/C16H17ClN2O3S/c1-3-22-15-8-10-16(11-9-15)23(20,21)19-18-12(2)13-4-6-14(17)7-5-13/h4-11,19H,3H2,1-2H3/b18-12-. The zero-order chi connectivity index (χ0) is 16.9. The molecule has 0 aromatic heterocycles. The van der Waals surface area contributed by atoms with Crippen molar-refractivity contribution in [3.05, 3.63) is 59.1 Å². The van der Waals surface area contributed by atoms with Gasteiger partial charge < -0.3 is 4.74 Å².